The third kappa shape index (κ3) is 3.04. The molecule has 0 saturated carbocycles. The molecule has 0 saturated heterocycles. The molecule has 0 radical (unpaired) electrons. The number of nitrogens with two attached hydrogens (primary N) is 2. The predicted octanol–water partition coefficient (Wildman–Crippen LogP) is 3.08. The van der Waals surface area contributed by atoms with Crippen LogP contribution >= 0.6 is 0 Å². The number of carbonyl (C=O) groups excluding carboxylic acids is 1. The number of benzene rings is 3. The van der Waals surface area contributed by atoms with E-state index in [4.69, 9.17) is 16.9 Å². The molecule has 6 heteroatoms. The lowest BCUT2D eigenvalue weighted by molar-refractivity contribution is 0.100. The van der Waals surface area contributed by atoms with E-state index in [1.165, 1.54) is 0 Å². The third-order valence-electron chi connectivity index (χ3n) is 4.46. The molecule has 1 amide bonds. The van der Waals surface area contributed by atoms with Gasteiger partial charge in [-0.2, -0.15) is 0 Å². The van der Waals surface area contributed by atoms with E-state index in [9.17, 15) is 4.79 Å². The number of amides is 1. The average Bonchev–Trinajstić information content (AvgIpc) is 3.11. The maximum absolute atomic E-state index is 11.5. The van der Waals surface area contributed by atoms with Gasteiger partial charge in [-0.3, -0.25) is 14.8 Å². The van der Waals surface area contributed by atoms with Crippen molar-refractivity contribution in [1.29, 1.82) is 5.41 Å². The van der Waals surface area contributed by atoms with Gasteiger partial charge in [0, 0.05) is 16.8 Å². The highest BCUT2D eigenvalue weighted by atomic mass is 16.1. The van der Waals surface area contributed by atoms with Crippen molar-refractivity contribution < 1.29 is 4.79 Å². The van der Waals surface area contributed by atoms with Crippen molar-refractivity contribution in [3.05, 3.63) is 84.2 Å². The lowest BCUT2D eigenvalue weighted by Crippen LogP contribution is -2.10. The maximum Gasteiger partial charge on any atom is 0.248 e. The first-order valence-corrected chi connectivity index (χ1v) is 8.35. The lowest BCUT2D eigenvalue weighted by Gasteiger charge is -2.09. The first-order valence-electron chi connectivity index (χ1n) is 8.35. The minimum Gasteiger partial charge on any atom is -0.384 e. The van der Waals surface area contributed by atoms with E-state index in [1.807, 2.05) is 53.1 Å². The molecule has 0 aliphatic carbocycles. The Morgan fingerprint density at radius 3 is 2.37 bits per heavy atom. The van der Waals surface area contributed by atoms with Crippen LogP contribution in [0.2, 0.25) is 0 Å². The van der Waals surface area contributed by atoms with Gasteiger partial charge in [0.05, 0.1) is 11.0 Å². The predicted molar refractivity (Wildman–Crippen MR) is 106 cm³/mol. The van der Waals surface area contributed by atoms with E-state index >= 15 is 0 Å². The number of rotatable bonds is 4. The van der Waals surface area contributed by atoms with Crippen molar-refractivity contribution in [3.8, 4) is 16.8 Å². The molecule has 0 spiro atoms. The van der Waals surface area contributed by atoms with Gasteiger partial charge in [0.15, 0.2) is 0 Å². The molecule has 0 aliphatic heterocycles. The van der Waals surface area contributed by atoms with E-state index in [2.05, 4.69) is 4.98 Å². The fourth-order valence-electron chi connectivity index (χ4n) is 3.07. The Morgan fingerprint density at radius 2 is 1.63 bits per heavy atom. The normalized spacial score (nSPS) is 10.8. The van der Waals surface area contributed by atoms with Gasteiger partial charge in [0.1, 0.15) is 12.2 Å². The molecule has 0 bridgehead atoms. The first kappa shape index (κ1) is 16.5. The number of nitrogen functional groups attached to an aromatic ring is 1. The van der Waals surface area contributed by atoms with E-state index in [0.717, 1.165) is 27.8 Å². The van der Waals surface area contributed by atoms with Crippen LogP contribution in [0.4, 0.5) is 0 Å². The summed E-state index contributed by atoms with van der Waals surface area (Å²) < 4.78 is 1.95. The Morgan fingerprint density at radius 1 is 0.889 bits per heavy atom. The topological polar surface area (TPSA) is 111 Å². The number of carbonyl (C=O) groups is 1. The second-order valence-electron chi connectivity index (χ2n) is 6.23. The van der Waals surface area contributed by atoms with Crippen LogP contribution in [0.15, 0.2) is 73.1 Å². The highest BCUT2D eigenvalue weighted by Gasteiger charge is 2.09. The number of hydrogen-bond donors (Lipinski definition) is 3. The molecule has 4 rings (SSSR count). The molecule has 0 atom stereocenters. The van der Waals surface area contributed by atoms with Crippen LogP contribution in [0.25, 0.3) is 27.8 Å². The van der Waals surface area contributed by atoms with Crippen LogP contribution in [0.1, 0.15) is 15.9 Å². The molecular weight excluding hydrogens is 338 g/mol. The summed E-state index contributed by atoms with van der Waals surface area (Å²) in [5.41, 5.74) is 16.6. The Kier molecular flexibility index (Phi) is 3.93. The van der Waals surface area contributed by atoms with Crippen LogP contribution in [0, 0.1) is 5.41 Å². The van der Waals surface area contributed by atoms with Gasteiger partial charge in [-0.05, 0) is 53.6 Å². The van der Waals surface area contributed by atoms with Gasteiger partial charge in [0.25, 0.3) is 0 Å². The van der Waals surface area contributed by atoms with E-state index in [-0.39, 0.29) is 5.84 Å². The minimum absolute atomic E-state index is 0.0154. The SMILES string of the molecule is N=C(N)c1ccc2ncn(-c3cccc(-c4cccc(C(N)=O)c4)c3)c2c1. The second-order valence-corrected chi connectivity index (χ2v) is 6.23. The highest BCUT2D eigenvalue weighted by Crippen LogP contribution is 2.25. The summed E-state index contributed by atoms with van der Waals surface area (Å²) >= 11 is 0. The van der Waals surface area contributed by atoms with E-state index < -0.39 is 5.91 Å². The minimum atomic E-state index is -0.453. The molecule has 1 heterocycles. The van der Waals surface area contributed by atoms with Gasteiger partial charge >= 0.3 is 0 Å². The zero-order valence-corrected chi connectivity index (χ0v) is 14.4. The fourth-order valence-corrected chi connectivity index (χ4v) is 3.07. The van der Waals surface area contributed by atoms with Gasteiger partial charge in [-0.25, -0.2) is 4.98 Å². The molecule has 0 aliphatic rings. The number of amidine groups is 1. The van der Waals surface area contributed by atoms with Gasteiger partial charge in [-0.1, -0.05) is 24.3 Å². The lowest BCUT2D eigenvalue weighted by atomic mass is 10.0. The zero-order chi connectivity index (χ0) is 19.0. The number of nitrogens with zero attached hydrogens (tertiary/aromatic N) is 2. The van der Waals surface area contributed by atoms with Crippen LogP contribution in [0.3, 0.4) is 0 Å². The van der Waals surface area contributed by atoms with Crippen molar-refractivity contribution in [1.82, 2.24) is 9.55 Å². The zero-order valence-electron chi connectivity index (χ0n) is 14.4. The van der Waals surface area contributed by atoms with E-state index in [0.29, 0.717) is 11.1 Å². The summed E-state index contributed by atoms with van der Waals surface area (Å²) in [6.45, 7) is 0. The molecule has 5 N–H and O–H groups in total. The maximum atomic E-state index is 11.5. The second kappa shape index (κ2) is 6.42. The van der Waals surface area contributed by atoms with Crippen LogP contribution < -0.4 is 11.5 Å². The Balaban J connectivity index is 1.82. The van der Waals surface area contributed by atoms with Crippen molar-refractivity contribution in [2.75, 3.05) is 0 Å². The Hall–Kier alpha value is -3.93. The van der Waals surface area contributed by atoms with Crippen molar-refractivity contribution >= 4 is 22.8 Å². The largest absolute Gasteiger partial charge is 0.384 e. The average molecular weight is 355 g/mol. The van der Waals surface area contributed by atoms with Crippen molar-refractivity contribution in [3.63, 3.8) is 0 Å². The molecule has 4 aromatic rings. The molecule has 0 fully saturated rings. The molecule has 132 valence electrons. The quantitative estimate of drug-likeness (QED) is 0.386. The third-order valence-corrected chi connectivity index (χ3v) is 4.46. The monoisotopic (exact) mass is 355 g/mol. The summed E-state index contributed by atoms with van der Waals surface area (Å²) in [7, 11) is 0. The molecular formula is C21H17N5O. The number of aromatic nitrogens is 2. The summed E-state index contributed by atoms with van der Waals surface area (Å²) in [4.78, 5) is 15.9. The molecule has 1 aromatic heterocycles. The van der Waals surface area contributed by atoms with Crippen molar-refractivity contribution in [2.24, 2.45) is 11.5 Å². The summed E-state index contributed by atoms with van der Waals surface area (Å²) in [6.07, 6.45) is 1.74. The standard InChI is InChI=1S/C21H17N5O/c22-20(23)15-7-8-18-19(11-15)26(12-25-18)17-6-2-4-14(10-17)13-3-1-5-16(9-13)21(24)27/h1-12H,(H3,22,23)(H2,24,27). The van der Waals surface area contributed by atoms with Crippen LogP contribution in [-0.2, 0) is 0 Å². The van der Waals surface area contributed by atoms with Crippen LogP contribution in [-0.4, -0.2) is 21.3 Å². The van der Waals surface area contributed by atoms with E-state index in [1.54, 1.807) is 24.5 Å². The molecule has 3 aromatic carbocycles. The van der Waals surface area contributed by atoms with Crippen molar-refractivity contribution in [2.45, 2.75) is 0 Å². The number of hydrogen-bond acceptors (Lipinski definition) is 3. The number of nitrogens with one attached hydrogen (secondary N) is 1. The summed E-state index contributed by atoms with van der Waals surface area (Å²) in [5.74, 6) is -0.438. The number of imidazole rings is 1. The number of primary amides is 1. The molecule has 6 nitrogen and oxygen atoms in total. The highest BCUT2D eigenvalue weighted by molar-refractivity contribution is 5.98. The van der Waals surface area contributed by atoms with Gasteiger partial charge in [-0.15, -0.1) is 0 Å². The summed E-state index contributed by atoms with van der Waals surface area (Å²) in [6, 6.07) is 20.6. The summed E-state index contributed by atoms with van der Waals surface area (Å²) in [5, 5.41) is 7.65. The van der Waals surface area contributed by atoms with Crippen LogP contribution in [0.5, 0.6) is 0 Å². The smallest absolute Gasteiger partial charge is 0.248 e. The first-order chi connectivity index (χ1) is 13.0. The Bertz CT molecular complexity index is 1190. The molecule has 0 unspecified atom stereocenters. The number of fused-ring (bicyclic) bond motifs is 1. The van der Waals surface area contributed by atoms with Gasteiger partial charge < -0.3 is 11.5 Å². The Labute approximate surface area is 155 Å². The molecule has 27 heavy (non-hydrogen) atoms. The fraction of sp³-hybridized carbons (Fsp3) is 0. The van der Waals surface area contributed by atoms with Gasteiger partial charge in [0.2, 0.25) is 5.91 Å².